The molecule has 2 N–H and O–H groups in total. The molecule has 2 aromatic carbocycles. The number of halogens is 1. The summed E-state index contributed by atoms with van der Waals surface area (Å²) in [7, 11) is 1.68. The molecule has 0 aliphatic carbocycles. The number of ether oxygens (including phenoxy) is 1. The summed E-state index contributed by atoms with van der Waals surface area (Å²) in [5.74, 6) is 2.20. The normalized spacial score (nSPS) is 10.4. The van der Waals surface area contributed by atoms with E-state index in [0.29, 0.717) is 6.54 Å². The molecule has 5 nitrogen and oxygen atoms in total. The molecule has 140 valence electrons. The van der Waals surface area contributed by atoms with Crippen molar-refractivity contribution in [1.82, 2.24) is 9.97 Å². The van der Waals surface area contributed by atoms with Crippen LogP contribution in [0.4, 0.5) is 16.0 Å². The predicted molar refractivity (Wildman–Crippen MR) is 106 cm³/mol. The lowest BCUT2D eigenvalue weighted by Crippen LogP contribution is -2.10. The number of anilines is 2. The maximum absolute atomic E-state index is 12.9. The third-order valence-electron chi connectivity index (χ3n) is 4.19. The van der Waals surface area contributed by atoms with Gasteiger partial charge in [-0.3, -0.25) is 0 Å². The molecule has 0 bridgehead atoms. The lowest BCUT2D eigenvalue weighted by atomic mass is 10.1. The van der Waals surface area contributed by atoms with Gasteiger partial charge >= 0.3 is 0 Å². The summed E-state index contributed by atoms with van der Waals surface area (Å²) in [4.78, 5) is 8.49. The van der Waals surface area contributed by atoms with Crippen molar-refractivity contribution in [1.29, 1.82) is 0 Å². The van der Waals surface area contributed by atoms with Crippen molar-refractivity contribution in [2.45, 2.75) is 12.8 Å². The fourth-order valence-electron chi connectivity index (χ4n) is 2.77. The number of nitrogens with one attached hydrogen (secondary N) is 2. The van der Waals surface area contributed by atoms with Gasteiger partial charge in [0.05, 0.1) is 7.11 Å². The summed E-state index contributed by atoms with van der Waals surface area (Å²) >= 11 is 0. The zero-order valence-electron chi connectivity index (χ0n) is 15.3. The highest BCUT2D eigenvalue weighted by Crippen LogP contribution is 2.18. The number of hydrogen-bond acceptors (Lipinski definition) is 5. The summed E-state index contributed by atoms with van der Waals surface area (Å²) in [5, 5.41) is 6.58. The zero-order valence-corrected chi connectivity index (χ0v) is 15.3. The Labute approximate surface area is 158 Å². The lowest BCUT2D eigenvalue weighted by molar-refractivity contribution is 0.410. The molecule has 6 heteroatoms. The third kappa shape index (κ3) is 5.67. The van der Waals surface area contributed by atoms with Crippen molar-refractivity contribution in [2.24, 2.45) is 0 Å². The fourth-order valence-corrected chi connectivity index (χ4v) is 2.77. The molecule has 0 aliphatic rings. The molecule has 0 fully saturated rings. The average molecular weight is 366 g/mol. The van der Waals surface area contributed by atoms with Gasteiger partial charge in [0.1, 0.15) is 29.5 Å². The van der Waals surface area contributed by atoms with Crippen LogP contribution in [-0.4, -0.2) is 30.2 Å². The Morgan fingerprint density at radius 1 is 0.889 bits per heavy atom. The molecule has 0 aliphatic heterocycles. The van der Waals surface area contributed by atoms with E-state index in [9.17, 15) is 4.39 Å². The molecule has 0 spiro atoms. The Balaban J connectivity index is 1.47. The van der Waals surface area contributed by atoms with Gasteiger partial charge in [-0.15, -0.1) is 0 Å². The van der Waals surface area contributed by atoms with Crippen LogP contribution in [0.25, 0.3) is 0 Å². The van der Waals surface area contributed by atoms with Crippen LogP contribution in [0.1, 0.15) is 11.1 Å². The first-order chi connectivity index (χ1) is 13.2. The van der Waals surface area contributed by atoms with E-state index >= 15 is 0 Å². The minimum atomic E-state index is -0.216. The summed E-state index contributed by atoms with van der Waals surface area (Å²) < 4.78 is 18.3. The van der Waals surface area contributed by atoms with Crippen LogP contribution in [0.3, 0.4) is 0 Å². The van der Waals surface area contributed by atoms with Crippen molar-refractivity contribution in [3.63, 3.8) is 0 Å². The molecule has 1 aromatic heterocycles. The predicted octanol–water partition coefficient (Wildman–Crippen LogP) is 3.93. The van der Waals surface area contributed by atoms with Gasteiger partial charge in [-0.25, -0.2) is 14.4 Å². The van der Waals surface area contributed by atoms with Crippen LogP contribution in [0.15, 0.2) is 60.9 Å². The molecular formula is C21H23FN4O. The van der Waals surface area contributed by atoms with Crippen molar-refractivity contribution >= 4 is 11.6 Å². The van der Waals surface area contributed by atoms with E-state index in [0.717, 1.165) is 47.9 Å². The van der Waals surface area contributed by atoms with Gasteiger partial charge in [0.25, 0.3) is 0 Å². The standard InChI is InChI=1S/C21H23FN4O/c1-27-19-5-3-2-4-17(19)11-13-24-21-14-20(25-15-26-21)23-12-10-16-6-8-18(22)9-7-16/h2-9,14-15H,10-13H2,1H3,(H2,23,24,25,26). The van der Waals surface area contributed by atoms with Gasteiger partial charge in [0.15, 0.2) is 0 Å². The lowest BCUT2D eigenvalue weighted by Gasteiger charge is -2.10. The van der Waals surface area contributed by atoms with E-state index in [4.69, 9.17) is 4.74 Å². The first-order valence-corrected chi connectivity index (χ1v) is 8.91. The second-order valence-electron chi connectivity index (χ2n) is 6.08. The molecule has 0 unspecified atom stereocenters. The highest BCUT2D eigenvalue weighted by Gasteiger charge is 2.03. The van der Waals surface area contributed by atoms with Crippen LogP contribution in [0.5, 0.6) is 5.75 Å². The summed E-state index contributed by atoms with van der Waals surface area (Å²) in [5.41, 5.74) is 2.23. The maximum Gasteiger partial charge on any atom is 0.131 e. The van der Waals surface area contributed by atoms with Gasteiger partial charge in [-0.2, -0.15) is 0 Å². The Bertz CT molecular complexity index is 855. The van der Waals surface area contributed by atoms with Crippen molar-refractivity contribution in [3.8, 4) is 5.75 Å². The van der Waals surface area contributed by atoms with Crippen LogP contribution in [-0.2, 0) is 12.8 Å². The van der Waals surface area contributed by atoms with Crippen LogP contribution < -0.4 is 15.4 Å². The summed E-state index contributed by atoms with van der Waals surface area (Å²) in [6.07, 6.45) is 3.16. The smallest absolute Gasteiger partial charge is 0.131 e. The van der Waals surface area contributed by atoms with Crippen LogP contribution in [0, 0.1) is 5.82 Å². The molecule has 3 rings (SSSR count). The Hall–Kier alpha value is -3.15. The van der Waals surface area contributed by atoms with Gasteiger partial charge in [0, 0.05) is 19.2 Å². The minimum Gasteiger partial charge on any atom is -0.496 e. The molecule has 0 atom stereocenters. The van der Waals surface area contributed by atoms with Gasteiger partial charge < -0.3 is 15.4 Å². The number of nitrogens with zero attached hydrogens (tertiary/aromatic N) is 2. The number of para-hydroxylation sites is 1. The van der Waals surface area contributed by atoms with E-state index in [2.05, 4.69) is 26.7 Å². The minimum absolute atomic E-state index is 0.216. The van der Waals surface area contributed by atoms with Crippen LogP contribution in [0.2, 0.25) is 0 Å². The maximum atomic E-state index is 12.9. The topological polar surface area (TPSA) is 59.1 Å². The second kappa shape index (κ2) is 9.52. The molecule has 0 saturated carbocycles. The zero-order chi connectivity index (χ0) is 18.9. The second-order valence-corrected chi connectivity index (χ2v) is 6.08. The highest BCUT2D eigenvalue weighted by atomic mass is 19.1. The van der Waals surface area contributed by atoms with Crippen LogP contribution >= 0.6 is 0 Å². The summed E-state index contributed by atoms with van der Waals surface area (Å²) in [6.45, 7) is 1.45. The molecule has 0 amide bonds. The van der Waals surface area contributed by atoms with Gasteiger partial charge in [0.2, 0.25) is 0 Å². The third-order valence-corrected chi connectivity index (χ3v) is 4.19. The Morgan fingerprint density at radius 2 is 1.56 bits per heavy atom. The number of hydrogen-bond donors (Lipinski definition) is 2. The van der Waals surface area contributed by atoms with E-state index in [1.165, 1.54) is 18.5 Å². The number of rotatable bonds is 9. The van der Waals surface area contributed by atoms with Gasteiger partial charge in [-0.05, 0) is 42.2 Å². The van der Waals surface area contributed by atoms with E-state index < -0.39 is 0 Å². The fraction of sp³-hybridized carbons (Fsp3) is 0.238. The molecule has 1 heterocycles. The number of benzene rings is 2. The first kappa shape index (κ1) is 18.6. The van der Waals surface area contributed by atoms with E-state index in [1.54, 1.807) is 19.2 Å². The quantitative estimate of drug-likeness (QED) is 0.601. The molecule has 0 saturated heterocycles. The van der Waals surface area contributed by atoms with Crippen molar-refractivity contribution in [3.05, 3.63) is 77.9 Å². The Morgan fingerprint density at radius 3 is 2.26 bits per heavy atom. The average Bonchev–Trinajstić information content (AvgIpc) is 2.70. The Kier molecular flexibility index (Phi) is 6.57. The molecule has 27 heavy (non-hydrogen) atoms. The highest BCUT2D eigenvalue weighted by molar-refractivity contribution is 5.46. The van der Waals surface area contributed by atoms with Crippen molar-refractivity contribution < 1.29 is 9.13 Å². The van der Waals surface area contributed by atoms with Gasteiger partial charge in [-0.1, -0.05) is 30.3 Å². The van der Waals surface area contributed by atoms with E-state index in [1.807, 2.05) is 24.3 Å². The first-order valence-electron chi connectivity index (χ1n) is 8.91. The number of methoxy groups -OCH3 is 1. The largest absolute Gasteiger partial charge is 0.496 e. The molecule has 3 aromatic rings. The SMILES string of the molecule is COc1ccccc1CCNc1cc(NCCc2ccc(F)cc2)ncn1. The van der Waals surface area contributed by atoms with E-state index in [-0.39, 0.29) is 5.82 Å². The molecule has 0 radical (unpaired) electrons. The van der Waals surface area contributed by atoms with Crippen molar-refractivity contribution in [2.75, 3.05) is 30.8 Å². The monoisotopic (exact) mass is 366 g/mol. The number of aromatic nitrogens is 2. The molecular weight excluding hydrogens is 343 g/mol. The summed E-state index contributed by atoms with van der Waals surface area (Å²) in [6, 6.07) is 16.4.